The van der Waals surface area contributed by atoms with Crippen LogP contribution in [0.3, 0.4) is 0 Å². The molecule has 144 valence electrons. The van der Waals surface area contributed by atoms with E-state index in [0.717, 1.165) is 0 Å². The third-order valence-electron chi connectivity index (χ3n) is 3.73. The summed E-state index contributed by atoms with van der Waals surface area (Å²) < 4.78 is 22.6. The quantitative estimate of drug-likeness (QED) is 0.299. The molecule has 1 unspecified atom stereocenters. The maximum atomic E-state index is 11.1. The van der Waals surface area contributed by atoms with Gasteiger partial charge in [-0.15, -0.1) is 0 Å². The zero-order valence-corrected chi connectivity index (χ0v) is 15.4. The number of nitrogen functional groups attached to an aromatic ring is 1. The van der Waals surface area contributed by atoms with E-state index in [9.17, 15) is 19.7 Å². The Kier molecular flexibility index (Phi) is 5.18. The van der Waals surface area contributed by atoms with Crippen LogP contribution in [0.25, 0.3) is 11.2 Å². The van der Waals surface area contributed by atoms with Gasteiger partial charge in [-0.05, 0) is 11.8 Å². The molecule has 5 atom stereocenters. The predicted octanol–water partition coefficient (Wildman–Crippen LogP) is -1.56. The molecule has 2 aromatic rings. The molecule has 0 bridgehead atoms. The van der Waals surface area contributed by atoms with Crippen molar-refractivity contribution in [1.82, 2.24) is 19.5 Å². The summed E-state index contributed by atoms with van der Waals surface area (Å²) in [7, 11) is -5.05. The van der Waals surface area contributed by atoms with Crippen LogP contribution in [0.1, 0.15) is 6.23 Å². The van der Waals surface area contributed by atoms with Crippen molar-refractivity contribution in [3.63, 3.8) is 0 Å². The van der Waals surface area contributed by atoms with Crippen molar-refractivity contribution in [3.05, 3.63) is 12.7 Å². The van der Waals surface area contributed by atoms with Gasteiger partial charge in [0.1, 0.15) is 30.2 Å². The second-order valence-corrected chi connectivity index (χ2v) is 13.2. The lowest BCUT2D eigenvalue weighted by Crippen LogP contribution is -2.33. The van der Waals surface area contributed by atoms with Crippen LogP contribution in [-0.2, 0) is 25.6 Å². The SMILES string of the molecule is Nc1ncnc2c1ncn2[C@@H]1O[C@H](COP(O)(=S)P(=O)(O)O)[C@@H](O)[C@H]1O. The Morgan fingerprint density at radius 1 is 1.27 bits per heavy atom. The molecule has 0 amide bonds. The first-order valence-electron chi connectivity index (χ1n) is 7.01. The first-order chi connectivity index (χ1) is 12.0. The van der Waals surface area contributed by atoms with Crippen molar-refractivity contribution in [2.24, 2.45) is 0 Å². The first kappa shape index (κ1) is 19.7. The topological polar surface area (TPSA) is 206 Å². The van der Waals surface area contributed by atoms with Crippen molar-refractivity contribution in [2.75, 3.05) is 12.3 Å². The summed E-state index contributed by atoms with van der Waals surface area (Å²) >= 11 is 4.41. The summed E-state index contributed by atoms with van der Waals surface area (Å²) in [6.07, 6.45) is -7.23. The smallest absolute Gasteiger partial charge is 0.387 e. The molecule has 3 heterocycles. The molecular formula is C10H15N5O8P2S. The third-order valence-corrected chi connectivity index (χ3v) is 9.43. The molecule has 1 aliphatic rings. The van der Waals surface area contributed by atoms with E-state index in [1.165, 1.54) is 17.2 Å². The van der Waals surface area contributed by atoms with Gasteiger partial charge in [-0.2, -0.15) is 0 Å². The van der Waals surface area contributed by atoms with Crippen molar-refractivity contribution >= 4 is 42.3 Å². The highest BCUT2D eigenvalue weighted by molar-refractivity contribution is 8.47. The van der Waals surface area contributed by atoms with Gasteiger partial charge in [-0.3, -0.25) is 4.57 Å². The second kappa shape index (κ2) is 6.84. The minimum absolute atomic E-state index is 0.115. The summed E-state index contributed by atoms with van der Waals surface area (Å²) in [4.78, 5) is 39.3. The zero-order valence-electron chi connectivity index (χ0n) is 12.8. The number of rotatable bonds is 5. The molecule has 16 heteroatoms. The number of imidazole rings is 1. The van der Waals surface area contributed by atoms with Crippen LogP contribution in [-0.4, -0.2) is 69.3 Å². The van der Waals surface area contributed by atoms with Crippen LogP contribution < -0.4 is 5.73 Å². The Morgan fingerprint density at radius 3 is 2.62 bits per heavy atom. The zero-order chi connectivity index (χ0) is 19.3. The molecule has 7 N–H and O–H groups in total. The first-order valence-corrected chi connectivity index (χ1v) is 12.0. The lowest BCUT2D eigenvalue weighted by molar-refractivity contribution is -0.0470. The maximum absolute atomic E-state index is 11.1. The van der Waals surface area contributed by atoms with Crippen LogP contribution in [0, 0.1) is 0 Å². The molecule has 0 radical (unpaired) electrons. The molecule has 0 spiro atoms. The number of aliphatic hydroxyl groups excluding tert-OH is 2. The summed E-state index contributed by atoms with van der Waals surface area (Å²) in [5.41, 5.74) is 6.20. The average Bonchev–Trinajstić information content (AvgIpc) is 3.08. The summed E-state index contributed by atoms with van der Waals surface area (Å²) in [5.74, 6) is 0.115. The lowest BCUT2D eigenvalue weighted by atomic mass is 10.1. The number of nitrogens with two attached hydrogens (primary N) is 1. The molecule has 1 fully saturated rings. The van der Waals surface area contributed by atoms with Gasteiger partial charge in [-0.25, -0.2) is 19.5 Å². The standard InChI is InChI=1S/C10H15N5O8P2S/c11-8-5-9(13-2-12-8)15(3-14-5)10-7(17)6(16)4(23-10)1-22-25(21,26)24(18,19)20/h2-4,6-7,10,16-17H,1H2,(H,21,26)(H2,11,12,13)(H2,18,19,20)/t4-,6-,7-,10-,25?/m1/s1. The van der Waals surface area contributed by atoms with Gasteiger partial charge < -0.3 is 39.9 Å². The normalized spacial score (nSPS) is 29.1. The number of aromatic nitrogens is 4. The number of hydrogen-bond donors (Lipinski definition) is 6. The van der Waals surface area contributed by atoms with Crippen molar-refractivity contribution < 1.29 is 38.7 Å². The van der Waals surface area contributed by atoms with E-state index in [2.05, 4.69) is 26.8 Å². The molecule has 1 saturated heterocycles. The second-order valence-electron chi connectivity index (χ2n) is 5.43. The number of ether oxygens (including phenoxy) is 1. The van der Waals surface area contributed by atoms with Gasteiger partial charge in [0.25, 0.3) is 6.18 Å². The number of anilines is 1. The summed E-state index contributed by atoms with van der Waals surface area (Å²) in [6, 6.07) is 0. The maximum Gasteiger partial charge on any atom is 0.406 e. The minimum Gasteiger partial charge on any atom is -0.387 e. The highest BCUT2D eigenvalue weighted by Gasteiger charge is 2.46. The largest absolute Gasteiger partial charge is 0.406 e. The fourth-order valence-corrected chi connectivity index (χ4v) is 3.72. The van der Waals surface area contributed by atoms with Crippen LogP contribution in [0.15, 0.2) is 12.7 Å². The fraction of sp³-hybridized carbons (Fsp3) is 0.500. The van der Waals surface area contributed by atoms with Crippen LogP contribution in [0.5, 0.6) is 0 Å². The molecule has 3 rings (SSSR count). The monoisotopic (exact) mass is 427 g/mol. The highest BCUT2D eigenvalue weighted by atomic mass is 32.6. The van der Waals surface area contributed by atoms with E-state index in [4.69, 9.17) is 24.8 Å². The van der Waals surface area contributed by atoms with Crippen LogP contribution in [0.4, 0.5) is 5.82 Å². The number of nitrogens with zero attached hydrogens (tertiary/aromatic N) is 4. The molecule has 13 nitrogen and oxygen atoms in total. The average molecular weight is 427 g/mol. The predicted molar refractivity (Wildman–Crippen MR) is 90.2 cm³/mol. The van der Waals surface area contributed by atoms with Crippen molar-refractivity contribution in [2.45, 2.75) is 24.5 Å². The van der Waals surface area contributed by atoms with Gasteiger partial charge in [0.15, 0.2) is 17.7 Å². The molecule has 1 aliphatic heterocycles. The molecule has 0 aliphatic carbocycles. The summed E-state index contributed by atoms with van der Waals surface area (Å²) in [6.45, 7) is -0.642. The highest BCUT2D eigenvalue weighted by Crippen LogP contribution is 2.75. The minimum atomic E-state index is -5.05. The van der Waals surface area contributed by atoms with Gasteiger partial charge in [0, 0.05) is 0 Å². The van der Waals surface area contributed by atoms with E-state index in [1.54, 1.807) is 0 Å². The number of hydrogen-bond acceptors (Lipinski definition) is 10. The van der Waals surface area contributed by atoms with E-state index in [-0.39, 0.29) is 17.0 Å². The van der Waals surface area contributed by atoms with Crippen molar-refractivity contribution in [1.29, 1.82) is 0 Å². The number of aliphatic hydroxyl groups is 2. The Balaban J connectivity index is 1.80. The Bertz CT molecular complexity index is 920. The lowest BCUT2D eigenvalue weighted by Gasteiger charge is -2.20. The van der Waals surface area contributed by atoms with Crippen molar-refractivity contribution in [3.8, 4) is 0 Å². The molecule has 2 aromatic heterocycles. The van der Waals surface area contributed by atoms with E-state index in [0.29, 0.717) is 0 Å². The van der Waals surface area contributed by atoms with E-state index >= 15 is 0 Å². The third kappa shape index (κ3) is 3.41. The van der Waals surface area contributed by atoms with Crippen LogP contribution >= 0.6 is 13.5 Å². The Labute approximate surface area is 150 Å². The molecule has 0 saturated carbocycles. The van der Waals surface area contributed by atoms with E-state index in [1.807, 2.05) is 0 Å². The molecular weight excluding hydrogens is 412 g/mol. The summed E-state index contributed by atoms with van der Waals surface area (Å²) in [5, 5.41) is 20.3. The van der Waals surface area contributed by atoms with Gasteiger partial charge >= 0.3 is 7.28 Å². The molecule has 0 aromatic carbocycles. The van der Waals surface area contributed by atoms with E-state index < -0.39 is 44.6 Å². The fourth-order valence-electron chi connectivity index (χ4n) is 2.40. The Morgan fingerprint density at radius 2 is 1.96 bits per heavy atom. The van der Waals surface area contributed by atoms with Gasteiger partial charge in [-0.1, -0.05) is 0 Å². The number of fused-ring (bicyclic) bond motifs is 1. The molecule has 26 heavy (non-hydrogen) atoms. The van der Waals surface area contributed by atoms with Crippen LogP contribution in [0.2, 0.25) is 0 Å². The Hall–Kier alpha value is -1.05. The van der Waals surface area contributed by atoms with Gasteiger partial charge in [0.05, 0.1) is 12.9 Å². The van der Waals surface area contributed by atoms with Gasteiger partial charge in [0.2, 0.25) is 0 Å².